The molecular weight excluding hydrogens is 352 g/mol. The molecule has 0 saturated heterocycles. The zero-order valence-electron chi connectivity index (χ0n) is 13.0. The van der Waals surface area contributed by atoms with Gasteiger partial charge in [0.1, 0.15) is 5.60 Å². The van der Waals surface area contributed by atoms with Crippen LogP contribution in [-0.4, -0.2) is 24.6 Å². The number of benzene rings is 1. The maximum absolute atomic E-state index is 12.5. The van der Waals surface area contributed by atoms with Crippen LogP contribution in [0.5, 0.6) is 0 Å². The Kier molecular flexibility index (Phi) is 4.12. The molecule has 0 fully saturated rings. The fourth-order valence-electron chi connectivity index (χ4n) is 2.26. The lowest BCUT2D eigenvalue weighted by Crippen LogP contribution is -2.38. The van der Waals surface area contributed by atoms with Crippen molar-refractivity contribution in [1.82, 2.24) is 9.29 Å². The van der Waals surface area contributed by atoms with E-state index in [1.807, 2.05) is 5.38 Å². The Hall–Kier alpha value is -1.94. The Bertz CT molecular complexity index is 1030. The summed E-state index contributed by atoms with van der Waals surface area (Å²) in [6.07, 6.45) is 0. The monoisotopic (exact) mass is 368 g/mol. The van der Waals surface area contributed by atoms with Gasteiger partial charge in [0, 0.05) is 18.5 Å². The highest BCUT2D eigenvalue weighted by atomic mass is 32.2. The van der Waals surface area contributed by atoms with E-state index in [1.54, 1.807) is 19.1 Å². The number of hydrogen-bond acceptors (Lipinski definition) is 6. The highest BCUT2D eigenvalue weighted by Crippen LogP contribution is 2.25. The van der Waals surface area contributed by atoms with E-state index in [2.05, 4.69) is 4.72 Å². The van der Waals surface area contributed by atoms with Crippen molar-refractivity contribution in [1.29, 1.82) is 0 Å². The van der Waals surface area contributed by atoms with Crippen molar-refractivity contribution < 1.29 is 17.9 Å². The molecule has 0 spiro atoms. The second kappa shape index (κ2) is 5.85. The molecule has 2 heterocycles. The predicted molar refractivity (Wildman–Crippen MR) is 90.5 cm³/mol. The van der Waals surface area contributed by atoms with Gasteiger partial charge in [-0.3, -0.25) is 4.57 Å². The fourth-order valence-corrected chi connectivity index (χ4v) is 4.20. The smallest absolute Gasteiger partial charge is 0.408 e. The summed E-state index contributed by atoms with van der Waals surface area (Å²) in [7, 11) is -2.35. The summed E-state index contributed by atoms with van der Waals surface area (Å²) in [4.78, 5) is 12.1. The number of nitrogens with one attached hydrogen (secondary N) is 1. The lowest BCUT2D eigenvalue weighted by atomic mass is 10.1. The van der Waals surface area contributed by atoms with Crippen molar-refractivity contribution >= 4 is 32.5 Å². The van der Waals surface area contributed by atoms with Gasteiger partial charge in [0.15, 0.2) is 5.58 Å². The predicted octanol–water partition coefficient (Wildman–Crippen LogP) is 1.38. The van der Waals surface area contributed by atoms with E-state index in [9.17, 15) is 18.3 Å². The molecule has 3 rings (SSSR count). The Labute approximate surface area is 142 Å². The van der Waals surface area contributed by atoms with Gasteiger partial charge in [0.05, 0.1) is 10.4 Å². The maximum atomic E-state index is 12.5. The molecule has 0 aliphatic heterocycles. The number of rotatable bonds is 5. The molecule has 1 aromatic carbocycles. The van der Waals surface area contributed by atoms with Gasteiger partial charge in [-0.1, -0.05) is 6.07 Å². The number of nitrogens with zero attached hydrogens (tertiary/aromatic N) is 1. The minimum atomic E-state index is -3.85. The fraction of sp³-hybridized carbons (Fsp3) is 0.267. The zero-order valence-corrected chi connectivity index (χ0v) is 14.6. The number of aromatic nitrogens is 1. The molecule has 128 valence electrons. The van der Waals surface area contributed by atoms with Gasteiger partial charge >= 0.3 is 5.76 Å². The Morgan fingerprint density at radius 2 is 2.12 bits per heavy atom. The van der Waals surface area contributed by atoms with Gasteiger partial charge in [0.2, 0.25) is 10.0 Å². The van der Waals surface area contributed by atoms with Crippen molar-refractivity contribution in [2.24, 2.45) is 7.05 Å². The molecule has 0 saturated carbocycles. The number of aryl methyl sites for hydroxylation is 1. The number of oxazole rings is 1. The van der Waals surface area contributed by atoms with Gasteiger partial charge in [-0.05, 0) is 36.6 Å². The molecule has 0 unspecified atom stereocenters. The van der Waals surface area contributed by atoms with Crippen LogP contribution in [0, 0.1) is 0 Å². The average molecular weight is 368 g/mol. The highest BCUT2D eigenvalue weighted by molar-refractivity contribution is 7.89. The molecule has 2 aromatic heterocycles. The summed E-state index contributed by atoms with van der Waals surface area (Å²) in [6, 6.07) is 7.68. The third-order valence-corrected chi connectivity index (χ3v) is 6.25. The Balaban J connectivity index is 1.88. The molecule has 1 atom stereocenters. The quantitative estimate of drug-likeness (QED) is 0.708. The first-order chi connectivity index (χ1) is 11.2. The lowest BCUT2D eigenvalue weighted by molar-refractivity contribution is 0.0666. The van der Waals surface area contributed by atoms with E-state index in [1.165, 1.54) is 41.2 Å². The number of fused-ring (bicyclic) bond motifs is 1. The van der Waals surface area contributed by atoms with Crippen molar-refractivity contribution in [2.45, 2.75) is 17.4 Å². The van der Waals surface area contributed by atoms with Crippen LogP contribution >= 0.6 is 11.3 Å². The van der Waals surface area contributed by atoms with E-state index in [4.69, 9.17) is 4.42 Å². The first kappa shape index (κ1) is 16.9. The standard InChI is InChI=1S/C15H16N2O5S2/c1-15(19,13-4-3-7-23-13)9-16-24(20,21)10-5-6-12-11(8-10)17(2)14(18)22-12/h3-8,16,19H,9H2,1-2H3/t15-/m0/s1. The summed E-state index contributed by atoms with van der Waals surface area (Å²) in [6.45, 7) is 1.38. The maximum Gasteiger partial charge on any atom is 0.419 e. The third-order valence-electron chi connectivity index (χ3n) is 3.73. The van der Waals surface area contributed by atoms with E-state index in [0.29, 0.717) is 16.0 Å². The molecule has 0 radical (unpaired) electrons. The number of sulfonamides is 1. The van der Waals surface area contributed by atoms with E-state index in [0.717, 1.165) is 0 Å². The largest absolute Gasteiger partial charge is 0.419 e. The summed E-state index contributed by atoms with van der Waals surface area (Å²) in [5, 5.41) is 12.2. The van der Waals surface area contributed by atoms with Gasteiger partial charge in [-0.15, -0.1) is 11.3 Å². The minimum absolute atomic E-state index is 0.00613. The van der Waals surface area contributed by atoms with Gasteiger partial charge in [-0.25, -0.2) is 17.9 Å². The number of aliphatic hydroxyl groups is 1. The van der Waals surface area contributed by atoms with Crippen LogP contribution < -0.4 is 10.5 Å². The van der Waals surface area contributed by atoms with Crippen LogP contribution in [0.25, 0.3) is 11.1 Å². The summed E-state index contributed by atoms with van der Waals surface area (Å²) >= 11 is 1.35. The van der Waals surface area contributed by atoms with Crippen LogP contribution in [0.15, 0.2) is 49.8 Å². The molecule has 9 heteroatoms. The molecule has 0 aliphatic carbocycles. The molecule has 2 N–H and O–H groups in total. The molecule has 7 nitrogen and oxygen atoms in total. The molecule has 0 aliphatic rings. The molecule has 0 amide bonds. The average Bonchev–Trinajstić information content (AvgIpc) is 3.16. The summed E-state index contributed by atoms with van der Waals surface area (Å²) in [5.74, 6) is -0.562. The SMILES string of the molecule is Cn1c(=O)oc2ccc(S(=O)(=O)NC[C@](C)(O)c3cccs3)cc21. The topological polar surface area (TPSA) is 102 Å². The Morgan fingerprint density at radius 1 is 1.38 bits per heavy atom. The number of hydrogen-bond donors (Lipinski definition) is 2. The second-order valence-corrected chi connectivity index (χ2v) is 8.35. The van der Waals surface area contributed by atoms with Crippen molar-refractivity contribution in [3.05, 3.63) is 51.1 Å². The van der Waals surface area contributed by atoms with Crippen LogP contribution in [0.1, 0.15) is 11.8 Å². The highest BCUT2D eigenvalue weighted by Gasteiger charge is 2.27. The lowest BCUT2D eigenvalue weighted by Gasteiger charge is -2.22. The Morgan fingerprint density at radius 3 is 2.79 bits per heavy atom. The summed E-state index contributed by atoms with van der Waals surface area (Å²) < 4.78 is 33.6. The van der Waals surface area contributed by atoms with Gasteiger partial charge in [0.25, 0.3) is 0 Å². The molecule has 0 bridgehead atoms. The second-order valence-electron chi connectivity index (χ2n) is 5.63. The zero-order chi connectivity index (χ0) is 17.5. The van der Waals surface area contributed by atoms with E-state index < -0.39 is 21.4 Å². The molecule has 3 aromatic rings. The molecule has 24 heavy (non-hydrogen) atoms. The van der Waals surface area contributed by atoms with Crippen molar-refractivity contribution in [3.63, 3.8) is 0 Å². The van der Waals surface area contributed by atoms with Gasteiger partial charge in [-0.2, -0.15) is 0 Å². The van der Waals surface area contributed by atoms with Gasteiger partial charge < -0.3 is 9.52 Å². The van der Waals surface area contributed by atoms with E-state index >= 15 is 0 Å². The molecular formula is C15H16N2O5S2. The van der Waals surface area contributed by atoms with Crippen LogP contribution in [-0.2, 0) is 22.7 Å². The third kappa shape index (κ3) is 3.03. The van der Waals surface area contributed by atoms with Crippen molar-refractivity contribution in [2.75, 3.05) is 6.54 Å². The number of thiophene rings is 1. The first-order valence-corrected chi connectivity index (χ1v) is 9.43. The van der Waals surface area contributed by atoms with Crippen LogP contribution in [0.3, 0.4) is 0 Å². The van der Waals surface area contributed by atoms with E-state index in [-0.39, 0.29) is 11.4 Å². The first-order valence-electron chi connectivity index (χ1n) is 7.06. The summed E-state index contributed by atoms with van der Waals surface area (Å²) in [5.41, 5.74) is -0.617. The van der Waals surface area contributed by atoms with Crippen LogP contribution in [0.2, 0.25) is 0 Å². The van der Waals surface area contributed by atoms with Crippen molar-refractivity contribution in [3.8, 4) is 0 Å². The van der Waals surface area contributed by atoms with Crippen LogP contribution in [0.4, 0.5) is 0 Å². The minimum Gasteiger partial charge on any atom is -0.408 e. The normalized spacial score (nSPS) is 14.8.